The molecule has 1 aromatic rings. The standard InChI is InChI=1S/C18H31N3O3.HI/c1-4-5-12-23-14-10-20-18(19-2)21-16-8-6-9-17(15-16)24-13-7-11-22-3;/h6,8-9,15H,4-5,7,10-14H2,1-3H3,(H2,19,20,21);1H. The lowest BCUT2D eigenvalue weighted by Gasteiger charge is -2.13. The summed E-state index contributed by atoms with van der Waals surface area (Å²) >= 11 is 0. The first-order valence-electron chi connectivity index (χ1n) is 8.57. The highest BCUT2D eigenvalue weighted by molar-refractivity contribution is 14.0. The second-order valence-electron chi connectivity index (χ2n) is 5.31. The van der Waals surface area contributed by atoms with E-state index in [4.69, 9.17) is 14.2 Å². The van der Waals surface area contributed by atoms with E-state index in [0.29, 0.717) is 25.8 Å². The lowest BCUT2D eigenvalue weighted by Crippen LogP contribution is -2.33. The number of anilines is 1. The maximum atomic E-state index is 5.70. The molecule has 6 nitrogen and oxygen atoms in total. The second-order valence-corrected chi connectivity index (χ2v) is 5.31. The van der Waals surface area contributed by atoms with Gasteiger partial charge in [0.1, 0.15) is 5.75 Å². The summed E-state index contributed by atoms with van der Waals surface area (Å²) in [7, 11) is 3.44. The zero-order chi connectivity index (χ0) is 17.5. The normalized spacial score (nSPS) is 10.9. The van der Waals surface area contributed by atoms with Crippen molar-refractivity contribution in [1.29, 1.82) is 0 Å². The Morgan fingerprint density at radius 2 is 1.96 bits per heavy atom. The predicted octanol–water partition coefficient (Wildman–Crippen LogP) is 3.52. The van der Waals surface area contributed by atoms with Crippen molar-refractivity contribution in [2.45, 2.75) is 26.2 Å². The summed E-state index contributed by atoms with van der Waals surface area (Å²) in [6.07, 6.45) is 3.13. The molecule has 2 N–H and O–H groups in total. The van der Waals surface area contributed by atoms with Crippen LogP contribution in [0.1, 0.15) is 26.2 Å². The van der Waals surface area contributed by atoms with Gasteiger partial charge in [0.2, 0.25) is 0 Å². The molecule has 0 aromatic heterocycles. The fraction of sp³-hybridized carbons (Fsp3) is 0.611. The summed E-state index contributed by atoms with van der Waals surface area (Å²) in [5.41, 5.74) is 0.930. The Morgan fingerprint density at radius 3 is 2.68 bits per heavy atom. The molecule has 7 heteroatoms. The summed E-state index contributed by atoms with van der Waals surface area (Å²) in [4.78, 5) is 4.21. The summed E-state index contributed by atoms with van der Waals surface area (Å²) in [6.45, 7) is 5.70. The van der Waals surface area contributed by atoms with Crippen LogP contribution in [0.4, 0.5) is 5.69 Å². The van der Waals surface area contributed by atoms with Crippen molar-refractivity contribution in [3.05, 3.63) is 24.3 Å². The molecule has 0 spiro atoms. The Kier molecular flexibility index (Phi) is 15.7. The number of rotatable bonds is 12. The van der Waals surface area contributed by atoms with Crippen LogP contribution in [0, 0.1) is 0 Å². The number of unbranched alkanes of at least 4 members (excludes halogenated alkanes) is 1. The van der Waals surface area contributed by atoms with Crippen LogP contribution in [0.2, 0.25) is 0 Å². The number of halogens is 1. The second kappa shape index (κ2) is 16.4. The van der Waals surface area contributed by atoms with Crippen molar-refractivity contribution in [2.24, 2.45) is 4.99 Å². The maximum Gasteiger partial charge on any atom is 0.195 e. The van der Waals surface area contributed by atoms with Crippen LogP contribution in [0.5, 0.6) is 5.75 Å². The molecule has 0 heterocycles. The highest BCUT2D eigenvalue weighted by Crippen LogP contribution is 2.17. The van der Waals surface area contributed by atoms with Crippen LogP contribution < -0.4 is 15.4 Å². The topological polar surface area (TPSA) is 64.1 Å². The van der Waals surface area contributed by atoms with Gasteiger partial charge in [-0.3, -0.25) is 4.99 Å². The van der Waals surface area contributed by atoms with Gasteiger partial charge in [-0.1, -0.05) is 19.4 Å². The van der Waals surface area contributed by atoms with Gasteiger partial charge < -0.3 is 24.8 Å². The van der Waals surface area contributed by atoms with E-state index < -0.39 is 0 Å². The van der Waals surface area contributed by atoms with Gasteiger partial charge in [0.25, 0.3) is 0 Å². The van der Waals surface area contributed by atoms with Crippen molar-refractivity contribution in [3.8, 4) is 5.75 Å². The fourth-order valence-corrected chi connectivity index (χ4v) is 1.96. The summed E-state index contributed by atoms with van der Waals surface area (Å²) in [5, 5.41) is 6.48. The van der Waals surface area contributed by atoms with Crippen LogP contribution in [0.25, 0.3) is 0 Å². The van der Waals surface area contributed by atoms with Gasteiger partial charge in [0.15, 0.2) is 5.96 Å². The monoisotopic (exact) mass is 465 g/mol. The number of methoxy groups -OCH3 is 1. The molecule has 25 heavy (non-hydrogen) atoms. The van der Waals surface area contributed by atoms with E-state index in [1.807, 2.05) is 24.3 Å². The number of hydrogen-bond donors (Lipinski definition) is 2. The molecule has 0 aliphatic heterocycles. The van der Waals surface area contributed by atoms with Crippen molar-refractivity contribution in [1.82, 2.24) is 5.32 Å². The van der Waals surface area contributed by atoms with Crippen LogP contribution in [-0.4, -0.2) is 53.1 Å². The number of benzene rings is 1. The molecular weight excluding hydrogens is 433 g/mol. The molecular formula is C18H32IN3O3. The minimum absolute atomic E-state index is 0. The Balaban J connectivity index is 0.00000576. The summed E-state index contributed by atoms with van der Waals surface area (Å²) in [5.74, 6) is 1.54. The molecule has 144 valence electrons. The molecule has 0 aliphatic rings. The number of nitrogens with zero attached hydrogens (tertiary/aromatic N) is 1. The van der Waals surface area contributed by atoms with Gasteiger partial charge in [0.05, 0.1) is 13.2 Å². The first-order chi connectivity index (χ1) is 11.8. The summed E-state index contributed by atoms with van der Waals surface area (Å²) < 4.78 is 16.2. The Hall–Kier alpha value is -1.06. The molecule has 0 saturated carbocycles. The van der Waals surface area contributed by atoms with Crippen LogP contribution >= 0.6 is 24.0 Å². The molecule has 0 unspecified atom stereocenters. The molecule has 1 rings (SSSR count). The van der Waals surface area contributed by atoms with Gasteiger partial charge in [-0.15, -0.1) is 24.0 Å². The number of aliphatic imine (C=N–C) groups is 1. The largest absolute Gasteiger partial charge is 0.493 e. The number of nitrogens with one attached hydrogen (secondary N) is 2. The molecule has 0 radical (unpaired) electrons. The third kappa shape index (κ3) is 12.0. The average Bonchev–Trinajstić information content (AvgIpc) is 2.61. The van der Waals surface area contributed by atoms with Gasteiger partial charge in [0, 0.05) is 52.1 Å². The van der Waals surface area contributed by atoms with E-state index in [1.54, 1.807) is 14.2 Å². The predicted molar refractivity (Wildman–Crippen MR) is 115 cm³/mol. The van der Waals surface area contributed by atoms with Gasteiger partial charge in [-0.25, -0.2) is 0 Å². The van der Waals surface area contributed by atoms with Gasteiger partial charge in [-0.2, -0.15) is 0 Å². The third-order valence-electron chi connectivity index (χ3n) is 3.26. The summed E-state index contributed by atoms with van der Waals surface area (Å²) in [6, 6.07) is 7.83. The van der Waals surface area contributed by atoms with Crippen LogP contribution in [-0.2, 0) is 9.47 Å². The molecule has 0 bridgehead atoms. The first kappa shape index (κ1) is 23.9. The van der Waals surface area contributed by atoms with Crippen molar-refractivity contribution < 1.29 is 14.2 Å². The average molecular weight is 465 g/mol. The van der Waals surface area contributed by atoms with E-state index in [9.17, 15) is 0 Å². The van der Waals surface area contributed by atoms with E-state index >= 15 is 0 Å². The van der Waals surface area contributed by atoms with Crippen molar-refractivity contribution in [2.75, 3.05) is 52.4 Å². The van der Waals surface area contributed by atoms with E-state index in [0.717, 1.165) is 43.9 Å². The lowest BCUT2D eigenvalue weighted by molar-refractivity contribution is 0.136. The number of hydrogen-bond acceptors (Lipinski definition) is 4. The Bertz CT molecular complexity index is 473. The molecule has 0 fully saturated rings. The van der Waals surface area contributed by atoms with E-state index in [2.05, 4.69) is 22.5 Å². The van der Waals surface area contributed by atoms with E-state index in [-0.39, 0.29) is 24.0 Å². The smallest absolute Gasteiger partial charge is 0.195 e. The minimum Gasteiger partial charge on any atom is -0.493 e. The quantitative estimate of drug-likeness (QED) is 0.214. The molecule has 0 saturated heterocycles. The van der Waals surface area contributed by atoms with Crippen LogP contribution in [0.3, 0.4) is 0 Å². The molecule has 0 amide bonds. The SMILES string of the molecule is CCCCOCCNC(=NC)Nc1cccc(OCCCOC)c1.I. The van der Waals surface area contributed by atoms with Crippen LogP contribution in [0.15, 0.2) is 29.3 Å². The molecule has 1 aromatic carbocycles. The van der Waals surface area contributed by atoms with Crippen molar-refractivity contribution >= 4 is 35.6 Å². The fourth-order valence-electron chi connectivity index (χ4n) is 1.96. The highest BCUT2D eigenvalue weighted by atomic mass is 127. The third-order valence-corrected chi connectivity index (χ3v) is 3.26. The number of guanidine groups is 1. The lowest BCUT2D eigenvalue weighted by atomic mass is 10.3. The molecule has 0 aliphatic carbocycles. The van der Waals surface area contributed by atoms with Crippen molar-refractivity contribution in [3.63, 3.8) is 0 Å². The zero-order valence-corrected chi connectivity index (χ0v) is 17.9. The Labute approximate surface area is 168 Å². The highest BCUT2D eigenvalue weighted by Gasteiger charge is 2.01. The van der Waals surface area contributed by atoms with E-state index in [1.165, 1.54) is 0 Å². The van der Waals surface area contributed by atoms with Gasteiger partial charge in [-0.05, 0) is 18.6 Å². The van der Waals surface area contributed by atoms with Gasteiger partial charge >= 0.3 is 0 Å². The number of ether oxygens (including phenoxy) is 3. The minimum atomic E-state index is 0. The maximum absolute atomic E-state index is 5.70. The zero-order valence-electron chi connectivity index (χ0n) is 15.5. The Morgan fingerprint density at radius 1 is 1.12 bits per heavy atom. The first-order valence-corrected chi connectivity index (χ1v) is 8.57. The molecule has 0 atom stereocenters.